The van der Waals surface area contributed by atoms with Crippen LogP contribution in [0.3, 0.4) is 0 Å². The van der Waals surface area contributed by atoms with Gasteiger partial charge in [0.25, 0.3) is 0 Å². The summed E-state index contributed by atoms with van der Waals surface area (Å²) in [6.07, 6.45) is 1.63. The first-order valence-corrected chi connectivity index (χ1v) is 9.36. The van der Waals surface area contributed by atoms with Crippen molar-refractivity contribution in [3.05, 3.63) is 59.7 Å². The van der Waals surface area contributed by atoms with E-state index >= 15 is 0 Å². The molecule has 1 fully saturated rings. The molecule has 2 heterocycles. The van der Waals surface area contributed by atoms with Crippen molar-refractivity contribution in [3.63, 3.8) is 0 Å². The summed E-state index contributed by atoms with van der Waals surface area (Å²) in [4.78, 5) is 27.6. The van der Waals surface area contributed by atoms with Gasteiger partial charge in [-0.2, -0.15) is 0 Å². The van der Waals surface area contributed by atoms with E-state index in [0.717, 1.165) is 27.7 Å². The number of carbonyl (C=O) groups excluding carboxylic acids is 2. The molecule has 0 bridgehead atoms. The topological polar surface area (TPSA) is 74.0 Å². The molecular weight excluding hydrogens is 338 g/mol. The van der Waals surface area contributed by atoms with Gasteiger partial charge in [-0.1, -0.05) is 48.5 Å². The predicted octanol–water partition coefficient (Wildman–Crippen LogP) is 3.08. The molecule has 1 unspecified atom stereocenters. The molecule has 1 aromatic heterocycles. The van der Waals surface area contributed by atoms with E-state index in [4.69, 9.17) is 0 Å². The molecule has 138 valence electrons. The van der Waals surface area contributed by atoms with Gasteiger partial charge in [0.15, 0.2) is 0 Å². The Labute approximate surface area is 158 Å². The number of amides is 2. The zero-order chi connectivity index (χ0) is 18.8. The number of aromatic amines is 1. The predicted molar refractivity (Wildman–Crippen MR) is 106 cm³/mol. The van der Waals surface area contributed by atoms with Gasteiger partial charge in [-0.25, -0.2) is 0 Å². The standard InChI is InChI=1S/C22H23N3O2/c1-14-6-5-9-16-17(10-11-19(26)24-18-12-13-23-22(18)27)21(25-20(14)16)15-7-3-2-4-8-15/h2-9,18,25H,10-13H2,1H3,(H,23,27)(H,24,26). The number of aryl methyl sites for hydroxylation is 2. The lowest BCUT2D eigenvalue weighted by atomic mass is 10.00. The second kappa shape index (κ2) is 7.27. The molecule has 4 rings (SSSR count). The lowest BCUT2D eigenvalue weighted by Gasteiger charge is -2.10. The van der Waals surface area contributed by atoms with Crippen LogP contribution in [0.15, 0.2) is 48.5 Å². The minimum absolute atomic E-state index is 0.0851. The fourth-order valence-corrected chi connectivity index (χ4v) is 3.77. The van der Waals surface area contributed by atoms with Crippen LogP contribution in [0.4, 0.5) is 0 Å². The molecule has 0 spiro atoms. The molecule has 27 heavy (non-hydrogen) atoms. The van der Waals surface area contributed by atoms with Crippen LogP contribution >= 0.6 is 0 Å². The SMILES string of the molecule is Cc1cccc2c(CCC(=O)NC3CCNC3=O)c(-c3ccccc3)[nH]c12. The molecule has 1 aliphatic heterocycles. The third-order valence-corrected chi connectivity index (χ3v) is 5.20. The molecule has 3 N–H and O–H groups in total. The first-order chi connectivity index (χ1) is 13.1. The number of benzene rings is 2. The fraction of sp³-hybridized carbons (Fsp3) is 0.273. The second-order valence-electron chi connectivity index (χ2n) is 7.04. The number of fused-ring (bicyclic) bond motifs is 1. The monoisotopic (exact) mass is 361 g/mol. The third kappa shape index (κ3) is 3.45. The average molecular weight is 361 g/mol. The van der Waals surface area contributed by atoms with Crippen LogP contribution in [-0.4, -0.2) is 29.4 Å². The summed E-state index contributed by atoms with van der Waals surface area (Å²) in [5.41, 5.74) is 5.61. The van der Waals surface area contributed by atoms with Crippen molar-refractivity contribution in [2.75, 3.05) is 6.54 Å². The molecule has 1 saturated heterocycles. The zero-order valence-electron chi connectivity index (χ0n) is 15.3. The summed E-state index contributed by atoms with van der Waals surface area (Å²) in [5, 5.41) is 6.75. The highest BCUT2D eigenvalue weighted by Crippen LogP contribution is 2.32. The van der Waals surface area contributed by atoms with Crippen LogP contribution in [0, 0.1) is 6.92 Å². The largest absolute Gasteiger partial charge is 0.354 e. The van der Waals surface area contributed by atoms with E-state index in [2.05, 4.69) is 46.8 Å². The first kappa shape index (κ1) is 17.3. The third-order valence-electron chi connectivity index (χ3n) is 5.20. The smallest absolute Gasteiger partial charge is 0.242 e. The lowest BCUT2D eigenvalue weighted by molar-refractivity contribution is -0.127. The number of aromatic nitrogens is 1. The van der Waals surface area contributed by atoms with Crippen molar-refractivity contribution in [3.8, 4) is 11.3 Å². The highest BCUT2D eigenvalue weighted by atomic mass is 16.2. The number of nitrogens with one attached hydrogen (secondary N) is 3. The number of H-pyrrole nitrogens is 1. The number of carbonyl (C=O) groups is 2. The Bertz CT molecular complexity index is 991. The highest BCUT2D eigenvalue weighted by Gasteiger charge is 2.25. The number of para-hydroxylation sites is 1. The van der Waals surface area contributed by atoms with E-state index < -0.39 is 6.04 Å². The van der Waals surface area contributed by atoms with Crippen LogP contribution < -0.4 is 10.6 Å². The number of rotatable bonds is 5. The Morgan fingerprint density at radius 2 is 1.96 bits per heavy atom. The summed E-state index contributed by atoms with van der Waals surface area (Å²) in [6.45, 7) is 2.71. The fourth-order valence-electron chi connectivity index (χ4n) is 3.77. The van der Waals surface area contributed by atoms with Gasteiger partial charge in [0.05, 0.1) is 0 Å². The van der Waals surface area contributed by atoms with Crippen molar-refractivity contribution in [1.82, 2.24) is 15.6 Å². The van der Waals surface area contributed by atoms with Crippen molar-refractivity contribution in [2.45, 2.75) is 32.2 Å². The van der Waals surface area contributed by atoms with Gasteiger partial charge < -0.3 is 15.6 Å². The van der Waals surface area contributed by atoms with Crippen LogP contribution in [0.25, 0.3) is 22.2 Å². The molecule has 5 nitrogen and oxygen atoms in total. The van der Waals surface area contributed by atoms with Crippen molar-refractivity contribution < 1.29 is 9.59 Å². The van der Waals surface area contributed by atoms with Gasteiger partial charge in [-0.05, 0) is 36.5 Å². The lowest BCUT2D eigenvalue weighted by Crippen LogP contribution is -2.40. The van der Waals surface area contributed by atoms with Crippen molar-refractivity contribution in [2.24, 2.45) is 0 Å². The minimum Gasteiger partial charge on any atom is -0.354 e. The maximum Gasteiger partial charge on any atom is 0.242 e. The molecular formula is C22H23N3O2. The molecule has 1 atom stereocenters. The van der Waals surface area contributed by atoms with E-state index in [1.54, 1.807) is 0 Å². The Hall–Kier alpha value is -3.08. The summed E-state index contributed by atoms with van der Waals surface area (Å²) in [6, 6.07) is 16.0. The van der Waals surface area contributed by atoms with Crippen LogP contribution in [0.2, 0.25) is 0 Å². The van der Waals surface area contributed by atoms with Gasteiger partial charge in [0.1, 0.15) is 6.04 Å². The second-order valence-corrected chi connectivity index (χ2v) is 7.04. The Morgan fingerprint density at radius 1 is 1.15 bits per heavy atom. The molecule has 0 radical (unpaired) electrons. The highest BCUT2D eigenvalue weighted by molar-refractivity contribution is 5.93. The van der Waals surface area contributed by atoms with Gasteiger partial charge in [-0.3, -0.25) is 9.59 Å². The van der Waals surface area contributed by atoms with Crippen LogP contribution in [0.1, 0.15) is 24.0 Å². The molecule has 2 aromatic carbocycles. The summed E-state index contributed by atoms with van der Waals surface area (Å²) < 4.78 is 0. The van der Waals surface area contributed by atoms with Gasteiger partial charge in [-0.15, -0.1) is 0 Å². The van der Waals surface area contributed by atoms with Gasteiger partial charge >= 0.3 is 0 Å². The van der Waals surface area contributed by atoms with E-state index in [9.17, 15) is 9.59 Å². The minimum atomic E-state index is -0.392. The zero-order valence-corrected chi connectivity index (χ0v) is 15.3. The Kier molecular flexibility index (Phi) is 4.67. The van der Waals surface area contributed by atoms with E-state index in [0.29, 0.717) is 25.8 Å². The van der Waals surface area contributed by atoms with E-state index in [1.165, 1.54) is 5.56 Å². The van der Waals surface area contributed by atoms with Crippen molar-refractivity contribution in [1.29, 1.82) is 0 Å². The van der Waals surface area contributed by atoms with E-state index in [-0.39, 0.29) is 11.8 Å². The van der Waals surface area contributed by atoms with Gasteiger partial charge in [0.2, 0.25) is 11.8 Å². The summed E-state index contributed by atoms with van der Waals surface area (Å²) in [7, 11) is 0. The maximum absolute atomic E-state index is 12.4. The van der Waals surface area contributed by atoms with E-state index in [1.807, 2.05) is 24.3 Å². The maximum atomic E-state index is 12.4. The molecule has 1 aliphatic rings. The molecule has 3 aromatic rings. The molecule has 0 saturated carbocycles. The summed E-state index contributed by atoms with van der Waals surface area (Å²) >= 11 is 0. The molecule has 2 amide bonds. The molecule has 5 heteroatoms. The van der Waals surface area contributed by atoms with Crippen molar-refractivity contribution >= 4 is 22.7 Å². The normalized spacial score (nSPS) is 16.5. The molecule has 0 aliphatic carbocycles. The quantitative estimate of drug-likeness (QED) is 0.653. The Morgan fingerprint density at radius 3 is 2.70 bits per heavy atom. The average Bonchev–Trinajstić information content (AvgIpc) is 3.25. The number of hydrogen-bond donors (Lipinski definition) is 3. The van der Waals surface area contributed by atoms with Crippen LogP contribution in [-0.2, 0) is 16.0 Å². The first-order valence-electron chi connectivity index (χ1n) is 9.36. The van der Waals surface area contributed by atoms with Crippen LogP contribution in [0.5, 0.6) is 0 Å². The van der Waals surface area contributed by atoms with Gasteiger partial charge in [0, 0.05) is 29.6 Å². The Balaban J connectivity index is 1.61. The summed E-state index contributed by atoms with van der Waals surface area (Å²) in [5.74, 6) is -0.172. The number of hydrogen-bond acceptors (Lipinski definition) is 2.